The van der Waals surface area contributed by atoms with E-state index in [0.717, 1.165) is 6.42 Å². The summed E-state index contributed by atoms with van der Waals surface area (Å²) in [5.74, 6) is 1.13. The van der Waals surface area contributed by atoms with Crippen LogP contribution in [0, 0.1) is 0 Å². The van der Waals surface area contributed by atoms with E-state index in [-0.39, 0.29) is 17.8 Å². The van der Waals surface area contributed by atoms with Crippen molar-refractivity contribution in [2.24, 2.45) is 0 Å². The fourth-order valence-corrected chi connectivity index (χ4v) is 3.50. The number of nitrogens with zero attached hydrogens (tertiary/aromatic N) is 3. The van der Waals surface area contributed by atoms with Crippen LogP contribution in [0.5, 0.6) is 11.5 Å². The minimum atomic E-state index is -0.290. The molecule has 3 N–H and O–H groups in total. The Balaban J connectivity index is 2.07. The maximum atomic E-state index is 13.2. The Morgan fingerprint density at radius 3 is 2.48 bits per heavy atom. The SMILES string of the molecule is CC[C@H](C)NC(=O)c1c(N)n(-c2cc(OC)ccc2OC)c2nc3ccccc3nc12. The highest BCUT2D eigenvalue weighted by Gasteiger charge is 2.26. The number of methoxy groups -OCH3 is 2. The molecule has 160 valence electrons. The summed E-state index contributed by atoms with van der Waals surface area (Å²) in [5.41, 5.74) is 9.75. The van der Waals surface area contributed by atoms with Gasteiger partial charge in [-0.25, -0.2) is 9.97 Å². The third-order valence-electron chi connectivity index (χ3n) is 5.34. The second kappa shape index (κ2) is 8.14. The fraction of sp³-hybridized carbons (Fsp3) is 0.261. The number of carbonyl (C=O) groups excluding carboxylic acids is 1. The number of hydrogen-bond donors (Lipinski definition) is 2. The number of benzene rings is 2. The number of nitrogen functional groups attached to an aromatic ring is 1. The summed E-state index contributed by atoms with van der Waals surface area (Å²) in [6.45, 7) is 3.95. The van der Waals surface area contributed by atoms with Crippen LogP contribution < -0.4 is 20.5 Å². The van der Waals surface area contributed by atoms with Crippen LogP contribution >= 0.6 is 0 Å². The van der Waals surface area contributed by atoms with Gasteiger partial charge < -0.3 is 20.5 Å². The molecule has 0 saturated carbocycles. The van der Waals surface area contributed by atoms with Gasteiger partial charge in [0.2, 0.25) is 0 Å². The molecule has 0 aliphatic heterocycles. The highest BCUT2D eigenvalue weighted by atomic mass is 16.5. The van der Waals surface area contributed by atoms with Gasteiger partial charge in [0.1, 0.15) is 28.4 Å². The summed E-state index contributed by atoms with van der Waals surface area (Å²) in [7, 11) is 3.16. The van der Waals surface area contributed by atoms with E-state index in [1.165, 1.54) is 0 Å². The highest BCUT2D eigenvalue weighted by Crippen LogP contribution is 2.36. The van der Waals surface area contributed by atoms with Gasteiger partial charge in [0.05, 0.1) is 30.9 Å². The fourth-order valence-electron chi connectivity index (χ4n) is 3.50. The molecule has 0 saturated heterocycles. The lowest BCUT2D eigenvalue weighted by molar-refractivity contribution is 0.0941. The molecule has 31 heavy (non-hydrogen) atoms. The molecule has 1 atom stereocenters. The van der Waals surface area contributed by atoms with Gasteiger partial charge in [0.25, 0.3) is 5.91 Å². The normalized spacial score (nSPS) is 12.1. The van der Waals surface area contributed by atoms with Gasteiger partial charge in [-0.3, -0.25) is 9.36 Å². The average molecular weight is 419 g/mol. The van der Waals surface area contributed by atoms with Crippen LogP contribution in [0.2, 0.25) is 0 Å². The Morgan fingerprint density at radius 1 is 1.13 bits per heavy atom. The maximum absolute atomic E-state index is 13.2. The van der Waals surface area contributed by atoms with Crippen molar-refractivity contribution in [3.05, 3.63) is 48.0 Å². The van der Waals surface area contributed by atoms with Crippen LogP contribution in [-0.2, 0) is 0 Å². The van der Waals surface area contributed by atoms with Gasteiger partial charge in [0.15, 0.2) is 5.65 Å². The first-order valence-corrected chi connectivity index (χ1v) is 10.1. The quantitative estimate of drug-likeness (QED) is 0.494. The Hall–Kier alpha value is -3.81. The number of nitrogens with one attached hydrogen (secondary N) is 1. The van der Waals surface area contributed by atoms with Crippen LogP contribution in [0.15, 0.2) is 42.5 Å². The predicted octanol–water partition coefficient (Wildman–Crippen LogP) is 3.70. The lowest BCUT2D eigenvalue weighted by Crippen LogP contribution is -2.32. The van der Waals surface area contributed by atoms with Crippen molar-refractivity contribution in [1.82, 2.24) is 19.9 Å². The Morgan fingerprint density at radius 2 is 1.84 bits per heavy atom. The molecule has 1 amide bonds. The molecule has 0 bridgehead atoms. The summed E-state index contributed by atoms with van der Waals surface area (Å²) in [4.78, 5) is 22.7. The van der Waals surface area contributed by atoms with Crippen LogP contribution in [0.25, 0.3) is 27.9 Å². The summed E-state index contributed by atoms with van der Waals surface area (Å²) in [6.07, 6.45) is 0.794. The molecule has 0 aliphatic rings. The molecule has 4 rings (SSSR count). The Bertz CT molecular complexity index is 1280. The van der Waals surface area contributed by atoms with Crippen molar-refractivity contribution < 1.29 is 14.3 Å². The van der Waals surface area contributed by atoms with E-state index in [9.17, 15) is 4.79 Å². The van der Waals surface area contributed by atoms with E-state index in [2.05, 4.69) is 5.32 Å². The minimum Gasteiger partial charge on any atom is -0.497 e. The van der Waals surface area contributed by atoms with E-state index in [4.69, 9.17) is 25.2 Å². The Kier molecular flexibility index (Phi) is 5.37. The van der Waals surface area contributed by atoms with Gasteiger partial charge in [-0.15, -0.1) is 0 Å². The van der Waals surface area contributed by atoms with Crippen LogP contribution in [0.3, 0.4) is 0 Å². The summed E-state index contributed by atoms with van der Waals surface area (Å²) < 4.78 is 12.7. The van der Waals surface area contributed by atoms with Crippen molar-refractivity contribution >= 4 is 33.9 Å². The lowest BCUT2D eigenvalue weighted by Gasteiger charge is -2.14. The van der Waals surface area contributed by atoms with Gasteiger partial charge in [-0.05, 0) is 37.6 Å². The number of rotatable bonds is 6. The Labute approximate surface area is 180 Å². The standard InChI is InChI=1S/C23H25N5O3/c1-5-13(2)25-23(29)19-20-22(27-16-9-7-6-8-15(16)26-20)28(21(19)24)17-12-14(30-3)10-11-18(17)31-4/h6-13H,5,24H2,1-4H3,(H,25,29)/t13-/m0/s1. The topological polar surface area (TPSA) is 104 Å². The molecule has 4 aromatic rings. The summed E-state index contributed by atoms with van der Waals surface area (Å²) >= 11 is 0. The van der Waals surface area contributed by atoms with Crippen molar-refractivity contribution in [3.8, 4) is 17.2 Å². The molecule has 2 heterocycles. The number of para-hydroxylation sites is 2. The van der Waals surface area contributed by atoms with Crippen molar-refractivity contribution in [2.45, 2.75) is 26.3 Å². The van der Waals surface area contributed by atoms with Gasteiger partial charge in [-0.1, -0.05) is 19.1 Å². The van der Waals surface area contributed by atoms with Crippen molar-refractivity contribution in [2.75, 3.05) is 20.0 Å². The number of amides is 1. The first kappa shape index (κ1) is 20.5. The molecule has 8 heteroatoms. The molecule has 0 spiro atoms. The molecular weight excluding hydrogens is 394 g/mol. The van der Waals surface area contributed by atoms with Crippen molar-refractivity contribution in [1.29, 1.82) is 0 Å². The second-order valence-corrected chi connectivity index (χ2v) is 7.30. The van der Waals surface area contributed by atoms with Gasteiger partial charge in [-0.2, -0.15) is 0 Å². The third-order valence-corrected chi connectivity index (χ3v) is 5.34. The number of carbonyl (C=O) groups is 1. The zero-order valence-electron chi connectivity index (χ0n) is 18.0. The maximum Gasteiger partial charge on any atom is 0.257 e. The zero-order chi connectivity index (χ0) is 22.1. The van der Waals surface area contributed by atoms with Crippen molar-refractivity contribution in [3.63, 3.8) is 0 Å². The summed E-state index contributed by atoms with van der Waals surface area (Å²) in [5, 5.41) is 2.99. The largest absolute Gasteiger partial charge is 0.497 e. The highest BCUT2D eigenvalue weighted by molar-refractivity contribution is 6.11. The van der Waals surface area contributed by atoms with E-state index in [1.54, 1.807) is 37.0 Å². The van der Waals surface area contributed by atoms with E-state index >= 15 is 0 Å². The number of aromatic nitrogens is 3. The number of fused-ring (bicyclic) bond motifs is 2. The smallest absolute Gasteiger partial charge is 0.257 e. The number of nitrogens with two attached hydrogens (primary N) is 1. The van der Waals surface area contributed by atoms with E-state index < -0.39 is 0 Å². The first-order chi connectivity index (χ1) is 15.0. The number of anilines is 1. The monoisotopic (exact) mass is 419 g/mol. The van der Waals surface area contributed by atoms with Crippen LogP contribution in [0.1, 0.15) is 30.6 Å². The first-order valence-electron chi connectivity index (χ1n) is 10.1. The van der Waals surface area contributed by atoms with Gasteiger partial charge >= 0.3 is 0 Å². The number of ether oxygens (including phenoxy) is 2. The molecule has 8 nitrogen and oxygen atoms in total. The average Bonchev–Trinajstić information content (AvgIpc) is 3.07. The minimum absolute atomic E-state index is 0.00919. The molecule has 0 fully saturated rings. The number of hydrogen-bond acceptors (Lipinski definition) is 6. The molecule has 2 aromatic carbocycles. The second-order valence-electron chi connectivity index (χ2n) is 7.30. The van der Waals surface area contributed by atoms with E-state index in [0.29, 0.717) is 44.9 Å². The van der Waals surface area contributed by atoms with Gasteiger partial charge in [0, 0.05) is 12.1 Å². The molecular formula is C23H25N5O3. The van der Waals surface area contributed by atoms with Crippen LogP contribution in [-0.4, -0.2) is 40.7 Å². The lowest BCUT2D eigenvalue weighted by atomic mass is 10.2. The molecule has 0 aliphatic carbocycles. The summed E-state index contributed by atoms with van der Waals surface area (Å²) in [6, 6.07) is 12.9. The predicted molar refractivity (Wildman–Crippen MR) is 121 cm³/mol. The molecule has 0 unspecified atom stereocenters. The van der Waals surface area contributed by atoms with E-state index in [1.807, 2.05) is 38.1 Å². The molecule has 0 radical (unpaired) electrons. The van der Waals surface area contributed by atoms with Crippen LogP contribution in [0.4, 0.5) is 5.82 Å². The third kappa shape index (κ3) is 3.50. The zero-order valence-corrected chi connectivity index (χ0v) is 18.0. The molecule has 2 aromatic heterocycles.